The summed E-state index contributed by atoms with van der Waals surface area (Å²) < 4.78 is 27.4. The SMILES string of the molecule is Cc1ccc(C)c(S(=O)(=O)NC2CCC(=O)CC2)c1. The standard InChI is InChI=1S/C14H19NO3S/c1-10-3-4-11(2)14(9-10)19(17,18)15-12-5-7-13(16)8-6-12/h3-4,9,12,15H,5-8H2,1-2H3. The van der Waals surface area contributed by atoms with E-state index in [0.717, 1.165) is 11.1 Å². The van der Waals surface area contributed by atoms with Gasteiger partial charge in [-0.2, -0.15) is 0 Å². The Bertz CT molecular complexity index is 583. The summed E-state index contributed by atoms with van der Waals surface area (Å²) in [4.78, 5) is 11.5. The maximum absolute atomic E-state index is 12.4. The first kappa shape index (κ1) is 14.2. The number of hydrogen-bond acceptors (Lipinski definition) is 3. The van der Waals surface area contributed by atoms with Crippen LogP contribution in [0.25, 0.3) is 0 Å². The lowest BCUT2D eigenvalue weighted by atomic mass is 9.95. The first-order chi connectivity index (χ1) is 8.88. The molecule has 4 nitrogen and oxygen atoms in total. The molecule has 1 aliphatic rings. The molecule has 0 atom stereocenters. The zero-order valence-corrected chi connectivity index (χ0v) is 12.1. The Hall–Kier alpha value is -1.20. The van der Waals surface area contributed by atoms with Crippen molar-refractivity contribution in [1.82, 2.24) is 4.72 Å². The molecular weight excluding hydrogens is 262 g/mol. The number of hydrogen-bond donors (Lipinski definition) is 1. The van der Waals surface area contributed by atoms with Gasteiger partial charge in [-0.25, -0.2) is 13.1 Å². The predicted octanol–water partition coefficient (Wildman–Crippen LogP) is 2.09. The molecule has 0 amide bonds. The average molecular weight is 281 g/mol. The van der Waals surface area contributed by atoms with Crippen LogP contribution in [0.1, 0.15) is 36.8 Å². The molecule has 1 aromatic carbocycles. The molecule has 1 saturated carbocycles. The zero-order chi connectivity index (χ0) is 14.0. The van der Waals surface area contributed by atoms with E-state index in [2.05, 4.69) is 4.72 Å². The van der Waals surface area contributed by atoms with Gasteiger partial charge in [-0.15, -0.1) is 0 Å². The molecule has 0 unspecified atom stereocenters. The normalized spacial score (nSPS) is 17.7. The molecule has 0 radical (unpaired) electrons. The van der Waals surface area contributed by atoms with Crippen LogP contribution in [0.3, 0.4) is 0 Å². The molecule has 5 heteroatoms. The van der Waals surface area contributed by atoms with Crippen LogP contribution in [-0.2, 0) is 14.8 Å². The third-order valence-corrected chi connectivity index (χ3v) is 5.16. The minimum Gasteiger partial charge on any atom is -0.300 e. The molecular formula is C14H19NO3S. The number of aryl methyl sites for hydroxylation is 2. The number of sulfonamides is 1. The Morgan fingerprint density at radius 3 is 2.42 bits per heavy atom. The average Bonchev–Trinajstić information content (AvgIpc) is 2.35. The van der Waals surface area contributed by atoms with Gasteiger partial charge in [0, 0.05) is 18.9 Å². The van der Waals surface area contributed by atoms with Gasteiger partial charge in [-0.1, -0.05) is 12.1 Å². The number of carbonyl (C=O) groups excluding carboxylic acids is 1. The maximum Gasteiger partial charge on any atom is 0.241 e. The molecule has 1 aromatic rings. The number of nitrogens with one attached hydrogen (secondary N) is 1. The second-order valence-corrected chi connectivity index (χ2v) is 6.89. The number of benzene rings is 1. The fraction of sp³-hybridized carbons (Fsp3) is 0.500. The molecule has 0 aliphatic heterocycles. The van der Waals surface area contributed by atoms with E-state index in [1.54, 1.807) is 13.0 Å². The Labute approximate surface area is 114 Å². The molecule has 1 N–H and O–H groups in total. The van der Waals surface area contributed by atoms with Crippen molar-refractivity contribution in [3.8, 4) is 0 Å². The fourth-order valence-electron chi connectivity index (χ4n) is 2.34. The van der Waals surface area contributed by atoms with E-state index in [4.69, 9.17) is 0 Å². The summed E-state index contributed by atoms with van der Waals surface area (Å²) in [6.07, 6.45) is 2.14. The van der Waals surface area contributed by atoms with Crippen LogP contribution in [0.2, 0.25) is 0 Å². The third kappa shape index (κ3) is 3.42. The monoisotopic (exact) mass is 281 g/mol. The van der Waals surface area contributed by atoms with Crippen molar-refractivity contribution < 1.29 is 13.2 Å². The van der Waals surface area contributed by atoms with Crippen molar-refractivity contribution in [2.75, 3.05) is 0 Å². The van der Waals surface area contributed by atoms with E-state index >= 15 is 0 Å². The highest BCUT2D eigenvalue weighted by atomic mass is 32.2. The number of ketones is 1. The van der Waals surface area contributed by atoms with Gasteiger partial charge in [-0.05, 0) is 43.9 Å². The number of Topliss-reactive ketones (excluding diaryl/α,β-unsaturated/α-hetero) is 1. The van der Waals surface area contributed by atoms with Crippen molar-refractivity contribution in [2.24, 2.45) is 0 Å². The van der Waals surface area contributed by atoms with E-state index in [9.17, 15) is 13.2 Å². The molecule has 104 valence electrons. The Kier molecular flexibility index (Phi) is 4.06. The van der Waals surface area contributed by atoms with Gasteiger partial charge >= 0.3 is 0 Å². The van der Waals surface area contributed by atoms with Gasteiger partial charge in [0.1, 0.15) is 5.78 Å². The smallest absolute Gasteiger partial charge is 0.241 e. The molecule has 0 bridgehead atoms. The van der Waals surface area contributed by atoms with Gasteiger partial charge in [0.25, 0.3) is 0 Å². The highest BCUT2D eigenvalue weighted by Gasteiger charge is 2.25. The molecule has 0 spiro atoms. The van der Waals surface area contributed by atoms with Crippen LogP contribution in [0.5, 0.6) is 0 Å². The summed E-state index contributed by atoms with van der Waals surface area (Å²) in [5, 5.41) is 0. The van der Waals surface area contributed by atoms with Crippen LogP contribution >= 0.6 is 0 Å². The highest BCUT2D eigenvalue weighted by molar-refractivity contribution is 7.89. The number of rotatable bonds is 3. The summed E-state index contributed by atoms with van der Waals surface area (Å²) in [6.45, 7) is 3.66. The summed E-state index contributed by atoms with van der Waals surface area (Å²) in [5.74, 6) is 0.224. The third-order valence-electron chi connectivity index (χ3n) is 3.50. The molecule has 2 rings (SSSR count). The Morgan fingerprint density at radius 1 is 1.16 bits per heavy atom. The molecule has 0 aromatic heterocycles. The molecule has 0 heterocycles. The van der Waals surface area contributed by atoms with Crippen LogP contribution in [-0.4, -0.2) is 20.2 Å². The van der Waals surface area contributed by atoms with E-state index < -0.39 is 10.0 Å². The van der Waals surface area contributed by atoms with Gasteiger partial charge in [0.15, 0.2) is 0 Å². The largest absolute Gasteiger partial charge is 0.300 e. The second kappa shape index (κ2) is 5.43. The first-order valence-corrected chi connectivity index (χ1v) is 7.98. The molecule has 1 aliphatic carbocycles. The fourth-order valence-corrected chi connectivity index (χ4v) is 3.97. The minimum atomic E-state index is -3.49. The van der Waals surface area contributed by atoms with Crippen molar-refractivity contribution in [1.29, 1.82) is 0 Å². The summed E-state index contributed by atoms with van der Waals surface area (Å²) in [7, 11) is -3.49. The predicted molar refractivity (Wildman–Crippen MR) is 73.5 cm³/mol. The molecule has 19 heavy (non-hydrogen) atoms. The second-order valence-electron chi connectivity index (χ2n) is 5.20. The Morgan fingerprint density at radius 2 is 1.79 bits per heavy atom. The van der Waals surface area contributed by atoms with Gasteiger partial charge in [0.2, 0.25) is 10.0 Å². The topological polar surface area (TPSA) is 63.2 Å². The lowest BCUT2D eigenvalue weighted by Crippen LogP contribution is -2.37. The van der Waals surface area contributed by atoms with E-state index in [1.165, 1.54) is 0 Å². The van der Waals surface area contributed by atoms with Gasteiger partial charge in [-0.3, -0.25) is 4.79 Å². The zero-order valence-electron chi connectivity index (χ0n) is 11.3. The van der Waals surface area contributed by atoms with Gasteiger partial charge < -0.3 is 0 Å². The summed E-state index contributed by atoms with van der Waals surface area (Å²) >= 11 is 0. The van der Waals surface area contributed by atoms with Crippen molar-refractivity contribution in [3.05, 3.63) is 29.3 Å². The lowest BCUT2D eigenvalue weighted by molar-refractivity contribution is -0.120. The quantitative estimate of drug-likeness (QED) is 0.922. The molecule has 1 fully saturated rings. The lowest BCUT2D eigenvalue weighted by Gasteiger charge is -2.22. The first-order valence-electron chi connectivity index (χ1n) is 6.50. The van der Waals surface area contributed by atoms with Crippen molar-refractivity contribution >= 4 is 15.8 Å². The highest BCUT2D eigenvalue weighted by Crippen LogP contribution is 2.20. The minimum absolute atomic E-state index is 0.123. The van der Waals surface area contributed by atoms with Crippen LogP contribution in [0.15, 0.2) is 23.1 Å². The van der Waals surface area contributed by atoms with Crippen LogP contribution in [0, 0.1) is 13.8 Å². The van der Waals surface area contributed by atoms with E-state index in [-0.39, 0.29) is 11.8 Å². The van der Waals surface area contributed by atoms with Crippen molar-refractivity contribution in [3.63, 3.8) is 0 Å². The number of carbonyl (C=O) groups is 1. The van der Waals surface area contributed by atoms with E-state index in [0.29, 0.717) is 30.6 Å². The van der Waals surface area contributed by atoms with Crippen LogP contribution < -0.4 is 4.72 Å². The van der Waals surface area contributed by atoms with Gasteiger partial charge in [0.05, 0.1) is 4.90 Å². The molecule has 0 saturated heterocycles. The van der Waals surface area contributed by atoms with Crippen LogP contribution in [0.4, 0.5) is 0 Å². The maximum atomic E-state index is 12.4. The summed E-state index contributed by atoms with van der Waals surface area (Å²) in [6, 6.07) is 5.27. The van der Waals surface area contributed by atoms with Crippen molar-refractivity contribution in [2.45, 2.75) is 50.5 Å². The van der Waals surface area contributed by atoms with E-state index in [1.807, 2.05) is 19.1 Å². The Balaban J connectivity index is 2.18. The summed E-state index contributed by atoms with van der Waals surface area (Å²) in [5.41, 5.74) is 1.66.